The maximum Gasteiger partial charge on any atom is 0.315 e. The fourth-order valence-corrected chi connectivity index (χ4v) is 3.19. The Hall–Kier alpha value is -1.75. The quantitative estimate of drug-likeness (QED) is 0.723. The lowest BCUT2D eigenvalue weighted by atomic mass is 9.96. The number of hydrogen-bond donors (Lipinski definition) is 2. The first kappa shape index (κ1) is 19.6. The number of hydrogen-bond acceptors (Lipinski definition) is 2. The molecule has 0 aromatic heterocycles. The summed E-state index contributed by atoms with van der Waals surface area (Å²) in [6, 6.07) is 7.68. The monoisotopic (exact) mass is 365 g/mol. The molecule has 138 valence electrons. The highest BCUT2D eigenvalue weighted by Crippen LogP contribution is 2.17. The summed E-state index contributed by atoms with van der Waals surface area (Å²) >= 11 is 5.86. The Morgan fingerprint density at radius 1 is 1.16 bits per heavy atom. The van der Waals surface area contributed by atoms with Crippen LogP contribution in [-0.2, 0) is 11.3 Å². The van der Waals surface area contributed by atoms with Crippen LogP contribution in [0.15, 0.2) is 24.3 Å². The normalized spacial score (nSPS) is 14.8. The number of nitrogens with one attached hydrogen (secondary N) is 2. The molecule has 1 aliphatic rings. The van der Waals surface area contributed by atoms with Crippen molar-refractivity contribution >= 4 is 23.5 Å². The van der Waals surface area contributed by atoms with Crippen molar-refractivity contribution in [1.29, 1.82) is 0 Å². The van der Waals surface area contributed by atoms with Gasteiger partial charge in [0.15, 0.2) is 0 Å². The van der Waals surface area contributed by atoms with Crippen molar-refractivity contribution in [3.05, 3.63) is 34.9 Å². The average molecular weight is 366 g/mol. The van der Waals surface area contributed by atoms with Crippen molar-refractivity contribution < 1.29 is 9.59 Å². The summed E-state index contributed by atoms with van der Waals surface area (Å²) in [4.78, 5) is 25.7. The Morgan fingerprint density at radius 3 is 2.52 bits per heavy atom. The third-order valence-electron chi connectivity index (χ3n) is 4.55. The predicted octanol–water partition coefficient (Wildman–Crippen LogP) is 3.71. The second-order valence-corrected chi connectivity index (χ2v) is 7.15. The van der Waals surface area contributed by atoms with Gasteiger partial charge in [-0.2, -0.15) is 0 Å². The molecule has 0 saturated heterocycles. The van der Waals surface area contributed by atoms with Gasteiger partial charge in [0.2, 0.25) is 5.91 Å². The Balaban J connectivity index is 1.59. The summed E-state index contributed by atoms with van der Waals surface area (Å²) < 4.78 is 0. The van der Waals surface area contributed by atoms with Crippen LogP contribution in [0.2, 0.25) is 5.02 Å². The van der Waals surface area contributed by atoms with E-state index in [-0.39, 0.29) is 11.9 Å². The number of nitrogens with zero attached hydrogens (tertiary/aromatic N) is 1. The Kier molecular flexibility index (Phi) is 8.06. The Morgan fingerprint density at radius 2 is 1.84 bits per heavy atom. The average Bonchev–Trinajstić information content (AvgIpc) is 2.61. The molecule has 0 bridgehead atoms. The van der Waals surface area contributed by atoms with Gasteiger partial charge in [0, 0.05) is 37.6 Å². The van der Waals surface area contributed by atoms with Gasteiger partial charge in [-0.05, 0) is 37.0 Å². The van der Waals surface area contributed by atoms with Crippen LogP contribution >= 0.6 is 11.6 Å². The molecule has 0 heterocycles. The van der Waals surface area contributed by atoms with Crippen LogP contribution in [0, 0.1) is 0 Å². The van der Waals surface area contributed by atoms with Crippen LogP contribution in [-0.4, -0.2) is 36.5 Å². The third kappa shape index (κ3) is 7.34. The van der Waals surface area contributed by atoms with Crippen molar-refractivity contribution in [2.75, 3.05) is 13.6 Å². The molecule has 0 atom stereocenters. The first-order valence-corrected chi connectivity index (χ1v) is 9.45. The minimum Gasteiger partial charge on any atom is -0.341 e. The van der Waals surface area contributed by atoms with Crippen LogP contribution in [0.1, 0.15) is 50.5 Å². The molecule has 0 aliphatic heterocycles. The summed E-state index contributed by atoms with van der Waals surface area (Å²) in [5.74, 6) is 0.0736. The number of benzene rings is 1. The summed E-state index contributed by atoms with van der Waals surface area (Å²) in [6.07, 6.45) is 6.86. The van der Waals surface area contributed by atoms with E-state index in [4.69, 9.17) is 11.6 Å². The lowest BCUT2D eigenvalue weighted by molar-refractivity contribution is -0.130. The molecule has 1 aromatic carbocycles. The van der Waals surface area contributed by atoms with Gasteiger partial charge in [-0.25, -0.2) is 4.79 Å². The van der Waals surface area contributed by atoms with Gasteiger partial charge in [-0.1, -0.05) is 43.0 Å². The second kappa shape index (κ2) is 10.3. The van der Waals surface area contributed by atoms with Gasteiger partial charge in [0.1, 0.15) is 0 Å². The van der Waals surface area contributed by atoms with E-state index in [0.29, 0.717) is 37.0 Å². The molecular formula is C19H28ClN3O2. The molecule has 25 heavy (non-hydrogen) atoms. The van der Waals surface area contributed by atoms with Crippen LogP contribution in [0.25, 0.3) is 0 Å². The van der Waals surface area contributed by atoms with Crippen molar-refractivity contribution in [2.24, 2.45) is 0 Å². The zero-order valence-electron chi connectivity index (χ0n) is 14.9. The van der Waals surface area contributed by atoms with Crippen LogP contribution in [0.5, 0.6) is 0 Å². The lowest BCUT2D eigenvalue weighted by Gasteiger charge is -2.23. The highest BCUT2D eigenvalue weighted by Gasteiger charge is 2.15. The predicted molar refractivity (Wildman–Crippen MR) is 101 cm³/mol. The summed E-state index contributed by atoms with van der Waals surface area (Å²) in [6.45, 7) is 1.07. The van der Waals surface area contributed by atoms with E-state index in [9.17, 15) is 9.59 Å². The number of rotatable bonds is 7. The summed E-state index contributed by atoms with van der Waals surface area (Å²) in [7, 11) is 1.79. The zero-order chi connectivity index (χ0) is 18.1. The van der Waals surface area contributed by atoms with Gasteiger partial charge in [0.25, 0.3) is 0 Å². The SMILES string of the molecule is CN(Cc1ccc(Cl)cc1)C(=O)CCCNC(=O)NC1CCCCC1. The van der Waals surface area contributed by atoms with E-state index in [0.717, 1.165) is 18.4 Å². The van der Waals surface area contributed by atoms with E-state index >= 15 is 0 Å². The maximum absolute atomic E-state index is 12.1. The topological polar surface area (TPSA) is 61.4 Å². The standard InChI is InChI=1S/C19H28ClN3O2/c1-23(14-15-9-11-16(20)12-10-15)18(24)8-5-13-21-19(25)22-17-6-3-2-4-7-17/h9-12,17H,2-8,13-14H2,1H3,(H2,21,22,25). The maximum atomic E-state index is 12.1. The smallest absolute Gasteiger partial charge is 0.315 e. The molecule has 0 radical (unpaired) electrons. The van der Waals surface area contributed by atoms with Gasteiger partial charge >= 0.3 is 6.03 Å². The van der Waals surface area contributed by atoms with Crippen LogP contribution in [0.4, 0.5) is 4.79 Å². The molecule has 5 nitrogen and oxygen atoms in total. The molecule has 1 aromatic rings. The van der Waals surface area contributed by atoms with Crippen LogP contribution in [0.3, 0.4) is 0 Å². The molecule has 0 spiro atoms. The van der Waals surface area contributed by atoms with Gasteiger partial charge in [0.05, 0.1) is 0 Å². The van der Waals surface area contributed by atoms with Crippen molar-refractivity contribution in [3.8, 4) is 0 Å². The van der Waals surface area contributed by atoms with Crippen molar-refractivity contribution in [3.63, 3.8) is 0 Å². The highest BCUT2D eigenvalue weighted by atomic mass is 35.5. The van der Waals surface area contributed by atoms with Gasteiger partial charge < -0.3 is 15.5 Å². The van der Waals surface area contributed by atoms with Gasteiger partial charge in [-0.15, -0.1) is 0 Å². The molecule has 0 unspecified atom stereocenters. The van der Waals surface area contributed by atoms with E-state index in [1.165, 1.54) is 19.3 Å². The molecular weight excluding hydrogens is 338 g/mol. The molecule has 6 heteroatoms. The summed E-state index contributed by atoms with van der Waals surface area (Å²) in [5, 5.41) is 6.55. The Labute approximate surface area is 155 Å². The number of halogens is 1. The van der Waals surface area contributed by atoms with Crippen LogP contribution < -0.4 is 10.6 Å². The summed E-state index contributed by atoms with van der Waals surface area (Å²) in [5.41, 5.74) is 1.05. The number of carbonyl (C=O) groups is 2. The largest absolute Gasteiger partial charge is 0.341 e. The Bertz CT molecular complexity index is 556. The molecule has 1 fully saturated rings. The molecule has 1 aliphatic carbocycles. The number of amides is 3. The van der Waals surface area contributed by atoms with E-state index in [2.05, 4.69) is 10.6 Å². The zero-order valence-corrected chi connectivity index (χ0v) is 15.6. The van der Waals surface area contributed by atoms with E-state index in [1.807, 2.05) is 24.3 Å². The highest BCUT2D eigenvalue weighted by molar-refractivity contribution is 6.30. The fourth-order valence-electron chi connectivity index (χ4n) is 3.07. The van der Waals surface area contributed by atoms with Crippen molar-refractivity contribution in [1.82, 2.24) is 15.5 Å². The number of urea groups is 1. The first-order valence-electron chi connectivity index (χ1n) is 9.07. The van der Waals surface area contributed by atoms with E-state index < -0.39 is 0 Å². The minimum absolute atomic E-state index is 0.0736. The minimum atomic E-state index is -0.117. The van der Waals surface area contributed by atoms with Crippen molar-refractivity contribution in [2.45, 2.75) is 57.5 Å². The molecule has 1 saturated carbocycles. The second-order valence-electron chi connectivity index (χ2n) is 6.71. The van der Waals surface area contributed by atoms with E-state index in [1.54, 1.807) is 11.9 Å². The molecule has 3 amide bonds. The van der Waals surface area contributed by atoms with Gasteiger partial charge in [-0.3, -0.25) is 4.79 Å². The number of carbonyl (C=O) groups excluding carboxylic acids is 2. The fraction of sp³-hybridized carbons (Fsp3) is 0.579. The third-order valence-corrected chi connectivity index (χ3v) is 4.80. The first-order chi connectivity index (χ1) is 12.0. The molecule has 2 rings (SSSR count). The molecule has 2 N–H and O–H groups in total. The lowest BCUT2D eigenvalue weighted by Crippen LogP contribution is -2.43.